The molecule has 2 aliphatic rings. The maximum Gasteiger partial charge on any atom is 0.315 e. The number of morpholine rings is 1. The first-order valence-electron chi connectivity index (χ1n) is 8.46. The number of urea groups is 1. The Kier molecular flexibility index (Phi) is 6.45. The number of hydrogen-bond donors (Lipinski definition) is 2. The first kappa shape index (κ1) is 19.0. The average Bonchev–Trinajstić information content (AvgIpc) is 2.90. The summed E-state index contributed by atoms with van der Waals surface area (Å²) in [5.41, 5.74) is 0. The van der Waals surface area contributed by atoms with Gasteiger partial charge in [0, 0.05) is 19.1 Å². The zero-order chi connectivity index (χ0) is 17.7. The van der Waals surface area contributed by atoms with E-state index in [1.807, 2.05) is 13.8 Å². The second-order valence-electron chi connectivity index (χ2n) is 6.52. The van der Waals surface area contributed by atoms with Crippen molar-refractivity contribution in [2.75, 3.05) is 37.8 Å². The summed E-state index contributed by atoms with van der Waals surface area (Å²) in [5, 5.41) is 5.42. The third-order valence-electron chi connectivity index (χ3n) is 4.66. The quantitative estimate of drug-likeness (QED) is 0.702. The van der Waals surface area contributed by atoms with Crippen LogP contribution in [0.15, 0.2) is 0 Å². The van der Waals surface area contributed by atoms with Gasteiger partial charge < -0.3 is 20.3 Å². The van der Waals surface area contributed by atoms with Crippen molar-refractivity contribution in [3.05, 3.63) is 0 Å². The summed E-state index contributed by atoms with van der Waals surface area (Å²) in [5.74, 6) is -0.0640. The summed E-state index contributed by atoms with van der Waals surface area (Å²) in [6.45, 7) is 5.94. The molecule has 2 N–H and O–H groups in total. The summed E-state index contributed by atoms with van der Waals surface area (Å²) in [4.78, 5) is 26.6. The van der Waals surface area contributed by atoms with Crippen LogP contribution < -0.4 is 10.6 Å². The molecule has 2 saturated heterocycles. The van der Waals surface area contributed by atoms with Gasteiger partial charge in [-0.2, -0.15) is 0 Å². The molecule has 8 nitrogen and oxygen atoms in total. The number of carbonyl (C=O) groups excluding carboxylic acids is 2. The van der Waals surface area contributed by atoms with Crippen LogP contribution in [0.2, 0.25) is 0 Å². The highest BCUT2D eigenvalue weighted by Gasteiger charge is 2.33. The molecule has 2 fully saturated rings. The number of hydrogen-bond acceptors (Lipinski definition) is 5. The van der Waals surface area contributed by atoms with E-state index in [9.17, 15) is 18.0 Å². The van der Waals surface area contributed by atoms with Crippen LogP contribution >= 0.6 is 0 Å². The molecule has 0 radical (unpaired) electrons. The van der Waals surface area contributed by atoms with E-state index in [2.05, 4.69) is 10.6 Å². The van der Waals surface area contributed by atoms with Crippen LogP contribution in [0.4, 0.5) is 4.79 Å². The molecule has 0 aliphatic carbocycles. The molecule has 0 saturated carbocycles. The number of rotatable bonds is 5. The maximum absolute atomic E-state index is 12.7. The predicted molar refractivity (Wildman–Crippen MR) is 89.4 cm³/mol. The molecular weight excluding hydrogens is 334 g/mol. The highest BCUT2D eigenvalue weighted by molar-refractivity contribution is 7.91. The molecule has 138 valence electrons. The Morgan fingerprint density at radius 3 is 2.50 bits per heavy atom. The lowest BCUT2D eigenvalue weighted by molar-refractivity contribution is -0.138. The Morgan fingerprint density at radius 2 is 1.96 bits per heavy atom. The number of amides is 3. The Morgan fingerprint density at radius 1 is 1.29 bits per heavy atom. The number of carbonyl (C=O) groups is 2. The molecule has 3 atom stereocenters. The monoisotopic (exact) mass is 361 g/mol. The van der Waals surface area contributed by atoms with Gasteiger partial charge in [0.05, 0.1) is 24.7 Å². The van der Waals surface area contributed by atoms with E-state index in [0.717, 1.165) is 6.42 Å². The summed E-state index contributed by atoms with van der Waals surface area (Å²) in [6, 6.07) is -1.49. The van der Waals surface area contributed by atoms with Gasteiger partial charge in [0.2, 0.25) is 5.91 Å². The van der Waals surface area contributed by atoms with Crippen LogP contribution in [-0.2, 0) is 19.4 Å². The second kappa shape index (κ2) is 8.15. The third-order valence-corrected chi connectivity index (χ3v) is 6.42. The van der Waals surface area contributed by atoms with Crippen LogP contribution in [0.3, 0.4) is 0 Å². The Balaban J connectivity index is 1.95. The molecular formula is C15H27N3O5S. The normalized spacial score (nSPS) is 25.8. The largest absolute Gasteiger partial charge is 0.378 e. The predicted octanol–water partition coefficient (Wildman–Crippen LogP) is -0.254. The molecule has 9 heteroatoms. The SMILES string of the molecule is CC[C@@H](C)[C@H](NC(=O)NC1CCS(=O)(=O)C1)C(=O)N1CCOCC1. The van der Waals surface area contributed by atoms with Crippen molar-refractivity contribution in [2.45, 2.75) is 38.8 Å². The second-order valence-corrected chi connectivity index (χ2v) is 8.75. The van der Waals surface area contributed by atoms with Crippen molar-refractivity contribution in [3.63, 3.8) is 0 Å². The van der Waals surface area contributed by atoms with Crippen molar-refractivity contribution in [2.24, 2.45) is 5.92 Å². The molecule has 2 rings (SSSR count). The van der Waals surface area contributed by atoms with Gasteiger partial charge >= 0.3 is 6.03 Å². The fourth-order valence-electron chi connectivity index (χ4n) is 2.94. The highest BCUT2D eigenvalue weighted by atomic mass is 32.2. The number of nitrogens with zero attached hydrogens (tertiary/aromatic N) is 1. The van der Waals surface area contributed by atoms with E-state index >= 15 is 0 Å². The van der Waals surface area contributed by atoms with E-state index in [0.29, 0.717) is 32.7 Å². The van der Waals surface area contributed by atoms with Gasteiger partial charge in [-0.25, -0.2) is 13.2 Å². The first-order chi connectivity index (χ1) is 11.3. The lowest BCUT2D eigenvalue weighted by Crippen LogP contribution is -2.57. The van der Waals surface area contributed by atoms with Crippen LogP contribution in [0.1, 0.15) is 26.7 Å². The van der Waals surface area contributed by atoms with Crippen molar-refractivity contribution < 1.29 is 22.7 Å². The minimum atomic E-state index is -3.06. The number of sulfone groups is 1. The third kappa shape index (κ3) is 5.07. The van der Waals surface area contributed by atoms with Crippen molar-refractivity contribution in [3.8, 4) is 0 Å². The smallest absolute Gasteiger partial charge is 0.315 e. The molecule has 2 heterocycles. The molecule has 3 amide bonds. The minimum absolute atomic E-state index is 0.0154. The zero-order valence-corrected chi connectivity index (χ0v) is 15.1. The van der Waals surface area contributed by atoms with Crippen LogP contribution in [-0.4, -0.2) is 75.1 Å². The number of nitrogens with one attached hydrogen (secondary N) is 2. The van der Waals surface area contributed by atoms with Crippen molar-refractivity contribution in [1.29, 1.82) is 0 Å². The highest BCUT2D eigenvalue weighted by Crippen LogP contribution is 2.14. The van der Waals surface area contributed by atoms with Gasteiger partial charge in [-0.05, 0) is 12.3 Å². The van der Waals surface area contributed by atoms with Gasteiger partial charge in [-0.3, -0.25) is 4.79 Å². The molecule has 24 heavy (non-hydrogen) atoms. The first-order valence-corrected chi connectivity index (χ1v) is 10.3. The van der Waals surface area contributed by atoms with Gasteiger partial charge in [0.1, 0.15) is 6.04 Å². The van der Waals surface area contributed by atoms with Crippen LogP contribution in [0, 0.1) is 5.92 Å². The zero-order valence-electron chi connectivity index (χ0n) is 14.3. The fraction of sp³-hybridized carbons (Fsp3) is 0.867. The molecule has 1 unspecified atom stereocenters. The lowest BCUT2D eigenvalue weighted by Gasteiger charge is -2.33. The standard InChI is InChI=1S/C15H27N3O5S/c1-3-11(2)13(14(19)18-5-7-23-8-6-18)17-15(20)16-12-4-9-24(21,22)10-12/h11-13H,3-10H2,1-2H3,(H2,16,17,20)/t11-,12?,13+/m1/s1. The summed E-state index contributed by atoms with van der Waals surface area (Å²) >= 11 is 0. The Labute approximate surface area is 143 Å². The molecule has 0 aromatic carbocycles. The van der Waals surface area contributed by atoms with Crippen molar-refractivity contribution in [1.82, 2.24) is 15.5 Å². The van der Waals surface area contributed by atoms with Crippen LogP contribution in [0.25, 0.3) is 0 Å². The van der Waals surface area contributed by atoms with E-state index in [4.69, 9.17) is 4.74 Å². The van der Waals surface area contributed by atoms with Gasteiger partial charge in [0.15, 0.2) is 9.84 Å². The van der Waals surface area contributed by atoms with E-state index in [1.54, 1.807) is 4.90 Å². The molecule has 2 aliphatic heterocycles. The molecule has 0 bridgehead atoms. The van der Waals surface area contributed by atoms with E-state index < -0.39 is 21.9 Å². The topological polar surface area (TPSA) is 105 Å². The van der Waals surface area contributed by atoms with E-state index in [1.165, 1.54) is 0 Å². The molecule has 0 spiro atoms. The summed E-state index contributed by atoms with van der Waals surface area (Å²) < 4.78 is 28.2. The summed E-state index contributed by atoms with van der Waals surface area (Å²) in [6.07, 6.45) is 1.17. The van der Waals surface area contributed by atoms with Gasteiger partial charge in [-0.1, -0.05) is 20.3 Å². The fourth-order valence-corrected chi connectivity index (χ4v) is 4.61. The van der Waals surface area contributed by atoms with Gasteiger partial charge in [0.25, 0.3) is 0 Å². The summed E-state index contributed by atoms with van der Waals surface area (Å²) in [7, 11) is -3.06. The van der Waals surface area contributed by atoms with Gasteiger partial charge in [-0.15, -0.1) is 0 Å². The van der Waals surface area contributed by atoms with E-state index in [-0.39, 0.29) is 29.4 Å². The Hall–Kier alpha value is -1.35. The maximum atomic E-state index is 12.7. The number of ether oxygens (including phenoxy) is 1. The Bertz CT molecular complexity index is 559. The minimum Gasteiger partial charge on any atom is -0.378 e. The average molecular weight is 361 g/mol. The lowest BCUT2D eigenvalue weighted by atomic mass is 9.97. The van der Waals surface area contributed by atoms with Crippen LogP contribution in [0.5, 0.6) is 0 Å². The molecule has 0 aromatic heterocycles. The molecule has 0 aromatic rings. The van der Waals surface area contributed by atoms with Crippen molar-refractivity contribution >= 4 is 21.8 Å².